The van der Waals surface area contributed by atoms with Gasteiger partial charge in [0.05, 0.1) is 0 Å². The molecule has 1 aromatic carbocycles. The molecule has 1 unspecified atom stereocenters. The Bertz CT molecular complexity index is 628. The van der Waals surface area contributed by atoms with Crippen molar-refractivity contribution in [1.29, 1.82) is 0 Å². The van der Waals surface area contributed by atoms with Crippen LogP contribution in [0.3, 0.4) is 0 Å². The summed E-state index contributed by atoms with van der Waals surface area (Å²) in [6.45, 7) is 5.92. The molecule has 5 nitrogen and oxygen atoms in total. The van der Waals surface area contributed by atoms with Crippen molar-refractivity contribution in [1.82, 2.24) is 10.3 Å². The van der Waals surface area contributed by atoms with Gasteiger partial charge in [-0.05, 0) is 45.2 Å². The zero-order chi connectivity index (χ0) is 16.2. The summed E-state index contributed by atoms with van der Waals surface area (Å²) < 4.78 is 5.19. The first-order chi connectivity index (χ1) is 10.3. The Hall–Kier alpha value is -2.01. The number of aryl methyl sites for hydroxylation is 1. The molecule has 1 heterocycles. The molecule has 0 radical (unpaired) electrons. The number of fused-ring (bicyclic) bond motifs is 1. The summed E-state index contributed by atoms with van der Waals surface area (Å²) in [5.74, 6) is 0. The number of rotatable bonds is 5. The highest BCUT2D eigenvalue weighted by atomic mass is 16.6. The number of nitrogens with one attached hydrogen (secondary N) is 2. The van der Waals surface area contributed by atoms with Crippen LogP contribution in [0.4, 0.5) is 4.79 Å². The number of aromatic amines is 1. The van der Waals surface area contributed by atoms with Gasteiger partial charge in [-0.25, -0.2) is 4.79 Å². The maximum absolute atomic E-state index is 11.6. The largest absolute Gasteiger partial charge is 0.444 e. The van der Waals surface area contributed by atoms with Gasteiger partial charge >= 0.3 is 6.09 Å². The van der Waals surface area contributed by atoms with Gasteiger partial charge in [-0.2, -0.15) is 0 Å². The number of nitrogens with two attached hydrogens (primary N) is 1. The number of carbonyl (C=O) groups excluding carboxylic acids is 1. The van der Waals surface area contributed by atoms with E-state index in [2.05, 4.69) is 22.4 Å². The van der Waals surface area contributed by atoms with E-state index in [1.54, 1.807) is 0 Å². The molecular weight excluding hydrogens is 278 g/mol. The normalized spacial score (nSPS) is 13.1. The number of hydrogen-bond acceptors (Lipinski definition) is 3. The predicted octanol–water partition coefficient (Wildman–Crippen LogP) is 2.95. The standard InChI is InChI=1S/C17H25N3O2/c1-17(2,3)22-16(21)20-11-13(18)9-8-12-10-19-15-7-5-4-6-14(12)15/h4-7,10,13,19H,8-9,11,18H2,1-3H3,(H,20,21). The van der Waals surface area contributed by atoms with Gasteiger partial charge in [0.25, 0.3) is 0 Å². The Kier molecular flexibility index (Phi) is 5.08. The summed E-state index contributed by atoms with van der Waals surface area (Å²) in [4.78, 5) is 14.8. The second-order valence-electron chi connectivity index (χ2n) is 6.54. The van der Waals surface area contributed by atoms with E-state index < -0.39 is 11.7 Å². The number of carbonyl (C=O) groups is 1. The van der Waals surface area contributed by atoms with E-state index in [-0.39, 0.29) is 6.04 Å². The van der Waals surface area contributed by atoms with E-state index >= 15 is 0 Å². The summed E-state index contributed by atoms with van der Waals surface area (Å²) in [5.41, 5.74) is 7.97. The first-order valence-corrected chi connectivity index (χ1v) is 7.62. The number of alkyl carbamates (subject to hydrolysis) is 1. The van der Waals surface area contributed by atoms with Crippen LogP contribution in [0.2, 0.25) is 0 Å². The number of aromatic nitrogens is 1. The van der Waals surface area contributed by atoms with Crippen LogP contribution in [-0.2, 0) is 11.2 Å². The lowest BCUT2D eigenvalue weighted by atomic mass is 10.0. The third kappa shape index (κ3) is 4.77. The molecule has 4 N–H and O–H groups in total. The number of amides is 1. The third-order valence-corrected chi connectivity index (χ3v) is 3.37. The van der Waals surface area contributed by atoms with E-state index in [0.29, 0.717) is 6.54 Å². The van der Waals surface area contributed by atoms with Crippen LogP contribution in [-0.4, -0.2) is 29.3 Å². The van der Waals surface area contributed by atoms with Crippen LogP contribution < -0.4 is 11.1 Å². The summed E-state index contributed by atoms with van der Waals surface area (Å²) in [6.07, 6.45) is 3.28. The fraction of sp³-hybridized carbons (Fsp3) is 0.471. The molecule has 0 spiro atoms. The topological polar surface area (TPSA) is 80.1 Å². The van der Waals surface area contributed by atoms with Gasteiger partial charge in [-0.1, -0.05) is 18.2 Å². The molecule has 120 valence electrons. The number of H-pyrrole nitrogens is 1. The molecule has 2 aromatic rings. The van der Waals surface area contributed by atoms with Crippen molar-refractivity contribution < 1.29 is 9.53 Å². The Morgan fingerprint density at radius 2 is 2.09 bits per heavy atom. The van der Waals surface area contributed by atoms with Crippen molar-refractivity contribution >= 4 is 17.0 Å². The highest BCUT2D eigenvalue weighted by molar-refractivity contribution is 5.83. The van der Waals surface area contributed by atoms with Crippen LogP contribution in [0.5, 0.6) is 0 Å². The molecule has 0 fully saturated rings. The van der Waals surface area contributed by atoms with E-state index in [4.69, 9.17) is 10.5 Å². The van der Waals surface area contributed by atoms with Gasteiger partial charge in [-0.3, -0.25) is 0 Å². The molecule has 0 aliphatic carbocycles. The lowest BCUT2D eigenvalue weighted by molar-refractivity contribution is 0.0524. The van der Waals surface area contributed by atoms with Crippen LogP contribution in [0.15, 0.2) is 30.5 Å². The monoisotopic (exact) mass is 303 g/mol. The van der Waals surface area contributed by atoms with Crippen LogP contribution in [0.1, 0.15) is 32.8 Å². The van der Waals surface area contributed by atoms with E-state index in [1.807, 2.05) is 39.1 Å². The van der Waals surface area contributed by atoms with Crippen molar-refractivity contribution in [2.45, 2.75) is 45.3 Å². The molecule has 0 saturated carbocycles. The van der Waals surface area contributed by atoms with Gasteiger partial charge in [0, 0.05) is 29.7 Å². The number of ether oxygens (including phenoxy) is 1. The highest BCUT2D eigenvalue weighted by Gasteiger charge is 2.16. The molecular formula is C17H25N3O2. The molecule has 1 aromatic heterocycles. The summed E-state index contributed by atoms with van der Waals surface area (Å²) >= 11 is 0. The average molecular weight is 303 g/mol. The second kappa shape index (κ2) is 6.83. The Morgan fingerprint density at radius 1 is 1.36 bits per heavy atom. The average Bonchev–Trinajstić information content (AvgIpc) is 2.84. The van der Waals surface area contributed by atoms with Crippen molar-refractivity contribution in [2.75, 3.05) is 6.54 Å². The fourth-order valence-corrected chi connectivity index (χ4v) is 2.31. The molecule has 1 atom stereocenters. The summed E-state index contributed by atoms with van der Waals surface area (Å²) in [5, 5.41) is 3.94. The van der Waals surface area contributed by atoms with Gasteiger partial charge in [0.2, 0.25) is 0 Å². The van der Waals surface area contributed by atoms with Crippen LogP contribution in [0.25, 0.3) is 10.9 Å². The Balaban J connectivity index is 1.78. The van der Waals surface area contributed by atoms with Crippen LogP contribution in [0, 0.1) is 0 Å². The third-order valence-electron chi connectivity index (χ3n) is 3.37. The fourth-order valence-electron chi connectivity index (χ4n) is 2.31. The van der Waals surface area contributed by atoms with Crippen LogP contribution >= 0.6 is 0 Å². The smallest absolute Gasteiger partial charge is 0.407 e. The minimum atomic E-state index is -0.488. The van der Waals surface area contributed by atoms with Crippen molar-refractivity contribution in [2.24, 2.45) is 5.73 Å². The number of benzene rings is 1. The molecule has 0 saturated heterocycles. The summed E-state index contributed by atoms with van der Waals surface area (Å²) in [7, 11) is 0. The van der Waals surface area contributed by atoms with Crippen molar-refractivity contribution in [3.63, 3.8) is 0 Å². The molecule has 0 aliphatic rings. The Morgan fingerprint density at radius 3 is 2.82 bits per heavy atom. The Labute approximate surface area is 131 Å². The maximum atomic E-state index is 11.6. The second-order valence-corrected chi connectivity index (χ2v) is 6.54. The number of hydrogen-bond donors (Lipinski definition) is 3. The van der Waals surface area contributed by atoms with Crippen molar-refractivity contribution in [3.05, 3.63) is 36.0 Å². The molecule has 22 heavy (non-hydrogen) atoms. The SMILES string of the molecule is CC(C)(C)OC(=O)NCC(N)CCc1c[nH]c2ccccc12. The molecule has 5 heteroatoms. The minimum Gasteiger partial charge on any atom is -0.444 e. The lowest BCUT2D eigenvalue weighted by Crippen LogP contribution is -2.40. The minimum absolute atomic E-state index is 0.0961. The zero-order valence-corrected chi connectivity index (χ0v) is 13.5. The quantitative estimate of drug-likeness (QED) is 0.794. The first-order valence-electron chi connectivity index (χ1n) is 7.62. The van der Waals surface area contributed by atoms with E-state index in [0.717, 1.165) is 18.4 Å². The number of para-hydroxylation sites is 1. The first kappa shape index (κ1) is 16.4. The van der Waals surface area contributed by atoms with E-state index in [1.165, 1.54) is 10.9 Å². The molecule has 0 bridgehead atoms. The maximum Gasteiger partial charge on any atom is 0.407 e. The zero-order valence-electron chi connectivity index (χ0n) is 13.5. The predicted molar refractivity (Wildman–Crippen MR) is 88.8 cm³/mol. The van der Waals surface area contributed by atoms with Gasteiger partial charge in [0.1, 0.15) is 5.60 Å². The van der Waals surface area contributed by atoms with Gasteiger partial charge in [0.15, 0.2) is 0 Å². The summed E-state index contributed by atoms with van der Waals surface area (Å²) in [6, 6.07) is 8.11. The molecule has 1 amide bonds. The van der Waals surface area contributed by atoms with Gasteiger partial charge < -0.3 is 20.8 Å². The van der Waals surface area contributed by atoms with E-state index in [9.17, 15) is 4.79 Å². The highest BCUT2D eigenvalue weighted by Crippen LogP contribution is 2.19. The van der Waals surface area contributed by atoms with Crippen molar-refractivity contribution in [3.8, 4) is 0 Å². The molecule has 0 aliphatic heterocycles. The lowest BCUT2D eigenvalue weighted by Gasteiger charge is -2.20. The molecule has 2 rings (SSSR count). The van der Waals surface area contributed by atoms with Gasteiger partial charge in [-0.15, -0.1) is 0 Å².